The normalized spacial score (nSPS) is 16.8. The first kappa shape index (κ1) is 23.3. The third kappa shape index (κ3) is 4.15. The Labute approximate surface area is 212 Å². The fraction of sp³-hybridized carbons (Fsp3) is 0.286. The summed E-state index contributed by atoms with van der Waals surface area (Å²) in [6, 6.07) is 17.2. The number of fused-ring (bicyclic) bond motifs is 2. The maximum atomic E-state index is 14.0. The van der Waals surface area contributed by atoms with E-state index in [2.05, 4.69) is 20.3 Å². The van der Waals surface area contributed by atoms with Crippen LogP contribution in [0.5, 0.6) is 0 Å². The van der Waals surface area contributed by atoms with Crippen LogP contribution in [0.25, 0.3) is 27.6 Å². The van der Waals surface area contributed by atoms with Crippen LogP contribution in [0.4, 0.5) is 10.3 Å². The molecule has 4 heterocycles. The van der Waals surface area contributed by atoms with Crippen LogP contribution in [-0.4, -0.2) is 30.7 Å². The Morgan fingerprint density at radius 2 is 1.95 bits per heavy atom. The second kappa shape index (κ2) is 9.40. The number of para-hydroxylation sites is 1. The van der Waals surface area contributed by atoms with Gasteiger partial charge in [0.25, 0.3) is 5.56 Å². The van der Waals surface area contributed by atoms with E-state index in [-0.39, 0.29) is 17.8 Å². The molecule has 0 aliphatic carbocycles. The average Bonchev–Trinajstić information content (AvgIpc) is 3.26. The van der Waals surface area contributed by atoms with Gasteiger partial charge in [-0.15, -0.1) is 0 Å². The second-order valence-electron chi connectivity index (χ2n) is 9.42. The number of rotatable bonds is 5. The van der Waals surface area contributed by atoms with E-state index >= 15 is 0 Å². The molecule has 1 fully saturated rings. The van der Waals surface area contributed by atoms with Gasteiger partial charge in [-0.2, -0.15) is 9.37 Å². The highest BCUT2D eigenvalue weighted by molar-refractivity contribution is 5.85. The summed E-state index contributed by atoms with van der Waals surface area (Å²) in [4.78, 5) is 26.3. The molecule has 1 aliphatic rings. The number of pyridine rings is 1. The van der Waals surface area contributed by atoms with Gasteiger partial charge < -0.3 is 10.1 Å². The zero-order valence-corrected chi connectivity index (χ0v) is 20.7. The summed E-state index contributed by atoms with van der Waals surface area (Å²) in [5.74, 6) is 0.491. The Kier molecular flexibility index (Phi) is 5.92. The van der Waals surface area contributed by atoms with Crippen molar-refractivity contribution in [1.29, 1.82) is 0 Å². The Hall–Kier alpha value is -4.11. The Balaban J connectivity index is 1.51. The number of anilines is 1. The molecular formula is C28H27FN6O2. The summed E-state index contributed by atoms with van der Waals surface area (Å²) < 4.78 is 23.6. The maximum Gasteiger partial charge on any atom is 0.310 e. The van der Waals surface area contributed by atoms with Crippen molar-refractivity contribution in [2.24, 2.45) is 0 Å². The molecule has 37 heavy (non-hydrogen) atoms. The number of nitrogens with zero attached hydrogens (tertiary/aromatic N) is 5. The summed E-state index contributed by atoms with van der Waals surface area (Å²) in [5.41, 5.74) is 3.25. The molecule has 2 aromatic carbocycles. The highest BCUT2D eigenvalue weighted by Gasteiger charge is 2.26. The van der Waals surface area contributed by atoms with Crippen molar-refractivity contribution in [3.8, 4) is 5.69 Å². The van der Waals surface area contributed by atoms with Crippen LogP contribution in [0.3, 0.4) is 0 Å². The molecule has 2 atom stereocenters. The molecule has 5 aromatic rings. The van der Waals surface area contributed by atoms with Gasteiger partial charge in [0, 0.05) is 18.0 Å². The van der Waals surface area contributed by atoms with Crippen molar-refractivity contribution in [2.75, 3.05) is 11.9 Å². The highest BCUT2D eigenvalue weighted by Crippen LogP contribution is 2.32. The first-order valence-corrected chi connectivity index (χ1v) is 12.5. The topological polar surface area (TPSA) is 86.9 Å². The van der Waals surface area contributed by atoms with Gasteiger partial charge in [0.2, 0.25) is 5.95 Å². The van der Waals surface area contributed by atoms with E-state index in [4.69, 9.17) is 4.74 Å². The number of ether oxygens (including phenoxy) is 1. The molecule has 0 bridgehead atoms. The number of nitrogens with one attached hydrogen (secondary N) is 1. The average molecular weight is 499 g/mol. The zero-order valence-electron chi connectivity index (χ0n) is 20.7. The summed E-state index contributed by atoms with van der Waals surface area (Å²) in [6.07, 6.45) is 2.98. The molecule has 6 rings (SSSR count). The Bertz CT molecular complexity index is 1660. The minimum atomic E-state index is -0.813. The van der Waals surface area contributed by atoms with Gasteiger partial charge in [-0.05, 0) is 62.3 Å². The zero-order chi connectivity index (χ0) is 25.5. The molecule has 1 N–H and O–H groups in total. The lowest BCUT2D eigenvalue weighted by Gasteiger charge is -2.27. The van der Waals surface area contributed by atoms with Crippen LogP contribution in [0, 0.1) is 13.0 Å². The standard InChI is InChI=1S/C28H27FN6O2/c1-17-9-8-10-19-15-22(34(26(36)24(17)19)20-11-4-3-5-12-20)18(2)31-28-32-21-16-30-27(29)33-25(21)35(28)23-13-6-7-14-37-23/h3-5,8-12,15-16,18,23H,6-7,13-14H2,1-2H3,(H,31,32). The van der Waals surface area contributed by atoms with Crippen molar-refractivity contribution < 1.29 is 9.13 Å². The van der Waals surface area contributed by atoms with Gasteiger partial charge in [0.05, 0.1) is 17.6 Å². The highest BCUT2D eigenvalue weighted by atomic mass is 19.1. The molecule has 8 nitrogen and oxygen atoms in total. The summed E-state index contributed by atoms with van der Waals surface area (Å²) in [5, 5.41) is 5.04. The van der Waals surface area contributed by atoms with Gasteiger partial charge >= 0.3 is 6.08 Å². The molecule has 9 heteroatoms. The third-order valence-electron chi connectivity index (χ3n) is 6.93. The molecule has 0 saturated carbocycles. The van der Waals surface area contributed by atoms with Gasteiger partial charge in [0.1, 0.15) is 11.7 Å². The van der Waals surface area contributed by atoms with Crippen molar-refractivity contribution in [2.45, 2.75) is 45.4 Å². The monoisotopic (exact) mass is 498 g/mol. The lowest BCUT2D eigenvalue weighted by molar-refractivity contribution is -0.0286. The van der Waals surface area contributed by atoms with E-state index in [0.29, 0.717) is 29.1 Å². The van der Waals surface area contributed by atoms with Crippen LogP contribution in [0.1, 0.15) is 49.7 Å². The molecular weight excluding hydrogens is 471 g/mol. The van der Waals surface area contributed by atoms with Crippen LogP contribution >= 0.6 is 0 Å². The minimum Gasteiger partial charge on any atom is -0.358 e. The SMILES string of the molecule is Cc1cccc2cc(C(C)Nc3nc4cnc(F)nc4n3C3CCCCO3)n(-c3ccccc3)c(=O)c12. The lowest BCUT2D eigenvalue weighted by atomic mass is 10.0. The Morgan fingerprint density at radius 3 is 2.73 bits per heavy atom. The first-order chi connectivity index (χ1) is 18.0. The molecule has 1 aliphatic heterocycles. The van der Waals surface area contributed by atoms with Gasteiger partial charge in [0.15, 0.2) is 5.65 Å². The summed E-state index contributed by atoms with van der Waals surface area (Å²) in [6.45, 7) is 4.55. The van der Waals surface area contributed by atoms with Crippen molar-refractivity contribution in [3.05, 3.63) is 88.5 Å². The summed E-state index contributed by atoms with van der Waals surface area (Å²) >= 11 is 0. The predicted octanol–water partition coefficient (Wildman–Crippen LogP) is 5.45. The van der Waals surface area contributed by atoms with E-state index in [1.807, 2.05) is 73.0 Å². The molecule has 3 aromatic heterocycles. The van der Waals surface area contributed by atoms with E-state index in [9.17, 15) is 9.18 Å². The van der Waals surface area contributed by atoms with E-state index in [0.717, 1.165) is 41.6 Å². The predicted molar refractivity (Wildman–Crippen MR) is 140 cm³/mol. The van der Waals surface area contributed by atoms with E-state index in [1.54, 1.807) is 4.57 Å². The molecule has 2 unspecified atom stereocenters. The molecule has 0 spiro atoms. The van der Waals surface area contributed by atoms with Gasteiger partial charge in [-0.3, -0.25) is 13.9 Å². The van der Waals surface area contributed by atoms with E-state index in [1.165, 1.54) is 6.20 Å². The number of aryl methyl sites for hydroxylation is 1. The Morgan fingerprint density at radius 1 is 1.11 bits per heavy atom. The van der Waals surface area contributed by atoms with Crippen molar-refractivity contribution >= 4 is 27.9 Å². The maximum absolute atomic E-state index is 14.0. The number of benzene rings is 2. The van der Waals surface area contributed by atoms with Crippen LogP contribution in [-0.2, 0) is 4.74 Å². The van der Waals surface area contributed by atoms with Crippen LogP contribution < -0.4 is 10.9 Å². The van der Waals surface area contributed by atoms with Crippen LogP contribution in [0.15, 0.2) is 65.6 Å². The minimum absolute atomic E-state index is 0.0810. The van der Waals surface area contributed by atoms with Gasteiger partial charge in [-0.1, -0.05) is 36.4 Å². The number of aromatic nitrogens is 5. The largest absolute Gasteiger partial charge is 0.358 e. The third-order valence-corrected chi connectivity index (χ3v) is 6.93. The number of halogens is 1. The number of hydrogen-bond donors (Lipinski definition) is 1. The molecule has 188 valence electrons. The molecule has 0 radical (unpaired) electrons. The first-order valence-electron chi connectivity index (χ1n) is 12.5. The lowest BCUT2D eigenvalue weighted by Crippen LogP contribution is -2.27. The van der Waals surface area contributed by atoms with Gasteiger partial charge in [-0.25, -0.2) is 9.97 Å². The number of imidazole rings is 1. The van der Waals surface area contributed by atoms with Crippen LogP contribution in [0.2, 0.25) is 0 Å². The molecule has 1 saturated heterocycles. The second-order valence-corrected chi connectivity index (χ2v) is 9.42. The smallest absolute Gasteiger partial charge is 0.310 e. The number of hydrogen-bond acceptors (Lipinski definition) is 6. The summed E-state index contributed by atoms with van der Waals surface area (Å²) in [7, 11) is 0. The molecule has 0 amide bonds. The van der Waals surface area contributed by atoms with Crippen molar-refractivity contribution in [1.82, 2.24) is 24.1 Å². The quantitative estimate of drug-likeness (QED) is 0.324. The fourth-order valence-electron chi connectivity index (χ4n) is 5.16. The van der Waals surface area contributed by atoms with E-state index < -0.39 is 6.08 Å². The fourth-order valence-corrected chi connectivity index (χ4v) is 5.16. The van der Waals surface area contributed by atoms with Crippen molar-refractivity contribution in [3.63, 3.8) is 0 Å².